The van der Waals surface area contributed by atoms with Crippen molar-refractivity contribution in [2.75, 3.05) is 18.4 Å². The number of carbonyl (C=O) groups excluding carboxylic acids is 2. The first kappa shape index (κ1) is 19.7. The summed E-state index contributed by atoms with van der Waals surface area (Å²) >= 11 is 0. The first-order chi connectivity index (χ1) is 13.8. The average molecular weight is 396 g/mol. The molecule has 3 aliphatic rings. The normalized spacial score (nSPS) is 33.0. The molecule has 29 heavy (non-hydrogen) atoms. The lowest BCUT2D eigenvalue weighted by molar-refractivity contribution is -0.146. The summed E-state index contributed by atoms with van der Waals surface area (Å²) in [7, 11) is 0. The van der Waals surface area contributed by atoms with Crippen molar-refractivity contribution in [3.8, 4) is 0 Å². The van der Waals surface area contributed by atoms with Crippen molar-refractivity contribution >= 4 is 23.5 Å². The largest absolute Gasteiger partial charge is 0.481 e. The maximum atomic E-state index is 13.2. The van der Waals surface area contributed by atoms with Gasteiger partial charge in [0.05, 0.1) is 23.1 Å². The standard InChI is InChI=1S/C23H28N2O4/c1-13-9-14(2)12-25(11-13)22(27)17-5-3-4-6-18(17)24-21(26)19-15-7-8-16(10-15)20(19)23(28)29/h3-8,13-16,19-20H,9-12H2,1-2H3,(H,24,26)(H,28,29). The number of piperidine rings is 1. The van der Waals surface area contributed by atoms with Crippen LogP contribution in [0.2, 0.25) is 0 Å². The number of hydrogen-bond donors (Lipinski definition) is 2. The summed E-state index contributed by atoms with van der Waals surface area (Å²) in [6, 6.07) is 7.03. The smallest absolute Gasteiger partial charge is 0.307 e. The molecule has 2 aliphatic carbocycles. The zero-order chi connectivity index (χ0) is 20.7. The van der Waals surface area contributed by atoms with Crippen molar-refractivity contribution in [3.63, 3.8) is 0 Å². The number of nitrogens with zero attached hydrogens (tertiary/aromatic N) is 1. The van der Waals surface area contributed by atoms with Gasteiger partial charge < -0.3 is 15.3 Å². The zero-order valence-corrected chi connectivity index (χ0v) is 16.9. The minimum Gasteiger partial charge on any atom is -0.481 e. The van der Waals surface area contributed by atoms with Gasteiger partial charge >= 0.3 is 5.97 Å². The van der Waals surface area contributed by atoms with Crippen LogP contribution in [-0.2, 0) is 9.59 Å². The zero-order valence-electron chi connectivity index (χ0n) is 16.9. The van der Waals surface area contributed by atoms with Crippen LogP contribution >= 0.6 is 0 Å². The van der Waals surface area contributed by atoms with Crippen LogP contribution in [0, 0.1) is 35.5 Å². The minimum atomic E-state index is -0.928. The lowest BCUT2D eigenvalue weighted by atomic mass is 9.82. The van der Waals surface area contributed by atoms with Crippen molar-refractivity contribution < 1.29 is 19.5 Å². The summed E-state index contributed by atoms with van der Waals surface area (Å²) in [6.45, 7) is 5.73. The Morgan fingerprint density at radius 2 is 1.59 bits per heavy atom. The third kappa shape index (κ3) is 3.68. The van der Waals surface area contributed by atoms with E-state index in [0.717, 1.165) is 6.42 Å². The molecule has 6 heteroatoms. The predicted molar refractivity (Wildman–Crippen MR) is 109 cm³/mol. The van der Waals surface area contributed by atoms with Crippen LogP contribution in [0.3, 0.4) is 0 Å². The third-order valence-corrected chi connectivity index (χ3v) is 6.62. The van der Waals surface area contributed by atoms with Gasteiger partial charge in [-0.15, -0.1) is 0 Å². The van der Waals surface area contributed by atoms with Gasteiger partial charge in [0.2, 0.25) is 5.91 Å². The number of benzene rings is 1. The van der Waals surface area contributed by atoms with E-state index in [1.807, 2.05) is 17.1 Å². The molecule has 2 amide bonds. The molecule has 2 N–H and O–H groups in total. The summed E-state index contributed by atoms with van der Waals surface area (Å²) in [6.07, 6.45) is 5.70. The van der Waals surface area contributed by atoms with Crippen LogP contribution in [0.1, 0.15) is 37.0 Å². The number of para-hydroxylation sites is 1. The number of allylic oxidation sites excluding steroid dienone is 2. The van der Waals surface area contributed by atoms with E-state index in [9.17, 15) is 19.5 Å². The number of hydrogen-bond acceptors (Lipinski definition) is 3. The fraction of sp³-hybridized carbons (Fsp3) is 0.522. The maximum Gasteiger partial charge on any atom is 0.307 e. The molecule has 1 heterocycles. The molecule has 2 fully saturated rings. The Morgan fingerprint density at radius 3 is 2.24 bits per heavy atom. The van der Waals surface area contributed by atoms with Crippen LogP contribution < -0.4 is 5.32 Å². The maximum absolute atomic E-state index is 13.2. The lowest BCUT2D eigenvalue weighted by Gasteiger charge is -2.35. The molecule has 1 saturated carbocycles. The third-order valence-electron chi connectivity index (χ3n) is 6.62. The summed E-state index contributed by atoms with van der Waals surface area (Å²) in [5.41, 5.74) is 0.928. The molecule has 154 valence electrons. The van der Waals surface area contributed by atoms with Crippen LogP contribution in [0.25, 0.3) is 0 Å². The first-order valence-electron chi connectivity index (χ1n) is 10.5. The number of carboxylic acid groups (broad SMARTS) is 1. The number of aliphatic carboxylic acids is 1. The number of fused-ring (bicyclic) bond motifs is 2. The van der Waals surface area contributed by atoms with E-state index < -0.39 is 17.8 Å². The van der Waals surface area contributed by atoms with E-state index in [4.69, 9.17) is 0 Å². The fourth-order valence-electron chi connectivity index (χ4n) is 5.51. The van der Waals surface area contributed by atoms with Gasteiger partial charge in [-0.3, -0.25) is 14.4 Å². The quantitative estimate of drug-likeness (QED) is 0.765. The molecule has 6 nitrogen and oxygen atoms in total. The summed E-state index contributed by atoms with van der Waals surface area (Å²) in [5.74, 6) is -1.85. The van der Waals surface area contributed by atoms with Gasteiger partial charge in [0, 0.05) is 13.1 Å². The van der Waals surface area contributed by atoms with Gasteiger partial charge in [0.15, 0.2) is 0 Å². The number of carbonyl (C=O) groups is 3. The van der Waals surface area contributed by atoms with Crippen molar-refractivity contribution in [3.05, 3.63) is 42.0 Å². The molecule has 1 aliphatic heterocycles. The monoisotopic (exact) mass is 396 g/mol. The molecule has 6 unspecified atom stereocenters. The van der Waals surface area contributed by atoms with E-state index in [0.29, 0.717) is 42.6 Å². The van der Waals surface area contributed by atoms with Crippen LogP contribution in [0.15, 0.2) is 36.4 Å². The summed E-state index contributed by atoms with van der Waals surface area (Å²) < 4.78 is 0. The number of carboxylic acids is 1. The predicted octanol–water partition coefficient (Wildman–Crippen LogP) is 3.27. The molecular formula is C23H28N2O4. The van der Waals surface area contributed by atoms with Crippen molar-refractivity contribution in [1.82, 2.24) is 4.90 Å². The van der Waals surface area contributed by atoms with E-state index in [1.165, 1.54) is 0 Å². The van der Waals surface area contributed by atoms with Crippen LogP contribution in [0.4, 0.5) is 5.69 Å². The van der Waals surface area contributed by atoms with E-state index in [1.54, 1.807) is 24.3 Å². The molecule has 0 spiro atoms. The number of anilines is 1. The Hall–Kier alpha value is -2.63. The van der Waals surface area contributed by atoms with Crippen molar-refractivity contribution in [2.45, 2.75) is 26.7 Å². The minimum absolute atomic E-state index is 0.0484. The Balaban J connectivity index is 1.54. The van der Waals surface area contributed by atoms with E-state index in [2.05, 4.69) is 19.2 Å². The Labute approximate surface area is 171 Å². The lowest BCUT2D eigenvalue weighted by Crippen LogP contribution is -2.43. The second-order valence-electron chi connectivity index (χ2n) is 9.03. The van der Waals surface area contributed by atoms with E-state index >= 15 is 0 Å². The summed E-state index contributed by atoms with van der Waals surface area (Å²) in [5, 5.41) is 12.5. The van der Waals surface area contributed by atoms with Gasteiger partial charge in [0.25, 0.3) is 5.91 Å². The molecule has 2 bridgehead atoms. The van der Waals surface area contributed by atoms with Crippen molar-refractivity contribution in [2.24, 2.45) is 35.5 Å². The molecule has 0 aromatic heterocycles. The van der Waals surface area contributed by atoms with Gasteiger partial charge in [-0.05, 0) is 48.6 Å². The van der Waals surface area contributed by atoms with Gasteiger partial charge in [-0.1, -0.05) is 38.1 Å². The van der Waals surface area contributed by atoms with Gasteiger partial charge in [0.1, 0.15) is 0 Å². The SMILES string of the molecule is CC1CC(C)CN(C(=O)c2ccccc2NC(=O)C2C3C=CC(C3)C2C(=O)O)C1. The van der Waals surface area contributed by atoms with Gasteiger partial charge in [-0.2, -0.15) is 0 Å². The highest BCUT2D eigenvalue weighted by Gasteiger charge is 2.51. The molecule has 4 rings (SSSR count). The Bertz CT molecular complexity index is 854. The molecular weight excluding hydrogens is 368 g/mol. The molecule has 1 saturated heterocycles. The van der Waals surface area contributed by atoms with Crippen LogP contribution in [-0.4, -0.2) is 40.9 Å². The number of amides is 2. The highest BCUT2D eigenvalue weighted by molar-refractivity contribution is 6.05. The number of nitrogens with one attached hydrogen (secondary N) is 1. The second-order valence-corrected chi connectivity index (χ2v) is 9.03. The molecule has 0 radical (unpaired) electrons. The average Bonchev–Trinajstić information content (AvgIpc) is 3.28. The Morgan fingerprint density at radius 1 is 0.966 bits per heavy atom. The summed E-state index contributed by atoms with van der Waals surface area (Å²) in [4.78, 5) is 39.8. The van der Waals surface area contributed by atoms with E-state index in [-0.39, 0.29) is 23.7 Å². The molecule has 1 aromatic rings. The molecule has 6 atom stereocenters. The number of likely N-dealkylation sites (tertiary alicyclic amines) is 1. The van der Waals surface area contributed by atoms with Crippen LogP contribution in [0.5, 0.6) is 0 Å². The highest BCUT2D eigenvalue weighted by atomic mass is 16.4. The Kier molecular flexibility index (Phi) is 5.19. The first-order valence-corrected chi connectivity index (χ1v) is 10.5. The highest BCUT2D eigenvalue weighted by Crippen LogP contribution is 2.48. The molecule has 1 aromatic carbocycles. The van der Waals surface area contributed by atoms with Crippen molar-refractivity contribution in [1.29, 1.82) is 0 Å². The number of rotatable bonds is 4. The topological polar surface area (TPSA) is 86.7 Å². The second kappa shape index (κ2) is 7.65. The fourth-order valence-corrected chi connectivity index (χ4v) is 5.51. The van der Waals surface area contributed by atoms with Gasteiger partial charge in [-0.25, -0.2) is 0 Å².